The average Bonchev–Trinajstić information content (AvgIpc) is 3.14. The molecule has 3 atom stereocenters. The second-order valence-electron chi connectivity index (χ2n) is 8.31. The van der Waals surface area contributed by atoms with Crippen molar-refractivity contribution in [2.75, 3.05) is 11.4 Å². The highest BCUT2D eigenvalue weighted by Gasteiger charge is 2.51. The Morgan fingerprint density at radius 2 is 2.07 bits per heavy atom. The van der Waals surface area contributed by atoms with E-state index in [1.807, 2.05) is 27.7 Å². The molecule has 2 bridgehead atoms. The Morgan fingerprint density at radius 1 is 1.36 bits per heavy atom. The number of carbonyl (C=O) groups excluding carboxylic acids is 1. The number of hydrogen-bond acceptors (Lipinski definition) is 5. The molecule has 1 amide bonds. The van der Waals surface area contributed by atoms with Crippen LogP contribution < -0.4 is 4.90 Å². The summed E-state index contributed by atoms with van der Waals surface area (Å²) in [6.07, 6.45) is 0.509. The van der Waals surface area contributed by atoms with Crippen molar-refractivity contribution in [3.8, 4) is 0 Å². The molecule has 2 aliphatic heterocycles. The van der Waals surface area contributed by atoms with Gasteiger partial charge in [0.15, 0.2) is 5.82 Å². The van der Waals surface area contributed by atoms with Crippen molar-refractivity contribution in [2.24, 2.45) is 0 Å². The molecule has 1 aromatic heterocycles. The molecule has 0 aliphatic carbocycles. The van der Waals surface area contributed by atoms with Gasteiger partial charge >= 0.3 is 6.09 Å². The van der Waals surface area contributed by atoms with Crippen LogP contribution in [0.3, 0.4) is 0 Å². The second-order valence-corrected chi connectivity index (χ2v) is 9.50. The number of halogens is 3. The number of nitrogens with zero attached hydrogens (tertiary/aromatic N) is 4. The smallest absolute Gasteiger partial charge is 0.410 e. The van der Waals surface area contributed by atoms with Crippen molar-refractivity contribution >= 4 is 50.3 Å². The van der Waals surface area contributed by atoms with Crippen LogP contribution in [0.4, 0.5) is 15.0 Å². The summed E-state index contributed by atoms with van der Waals surface area (Å²) in [6.45, 7) is 8.15. The number of benzene rings is 1. The van der Waals surface area contributed by atoms with Crippen molar-refractivity contribution in [2.45, 2.75) is 57.8 Å². The van der Waals surface area contributed by atoms with Crippen molar-refractivity contribution in [1.82, 2.24) is 14.9 Å². The van der Waals surface area contributed by atoms with E-state index in [2.05, 4.69) is 30.8 Å². The zero-order chi connectivity index (χ0) is 20.4. The summed E-state index contributed by atoms with van der Waals surface area (Å²) in [5, 5.41) is 0.604. The molecule has 0 saturated carbocycles. The molecule has 2 aliphatic rings. The van der Waals surface area contributed by atoms with E-state index >= 15 is 0 Å². The van der Waals surface area contributed by atoms with E-state index in [4.69, 9.17) is 16.3 Å². The van der Waals surface area contributed by atoms with Crippen LogP contribution in [0.1, 0.15) is 34.1 Å². The summed E-state index contributed by atoms with van der Waals surface area (Å²) in [5.41, 5.74) is -0.355. The zero-order valence-electron chi connectivity index (χ0n) is 16.0. The number of carbonyl (C=O) groups is 1. The van der Waals surface area contributed by atoms with E-state index in [1.165, 1.54) is 0 Å². The molecule has 1 aromatic carbocycles. The highest BCUT2D eigenvalue weighted by molar-refractivity contribution is 9.10. The van der Waals surface area contributed by atoms with Crippen LogP contribution in [0, 0.1) is 5.82 Å². The molecule has 2 fully saturated rings. The highest BCUT2D eigenvalue weighted by Crippen LogP contribution is 2.42. The fraction of sp³-hybridized carbons (Fsp3) is 0.526. The minimum Gasteiger partial charge on any atom is -0.444 e. The zero-order valence-corrected chi connectivity index (χ0v) is 18.4. The Kier molecular flexibility index (Phi) is 4.69. The fourth-order valence-corrected chi connectivity index (χ4v) is 4.69. The van der Waals surface area contributed by atoms with Gasteiger partial charge in [-0.15, -0.1) is 0 Å². The molecule has 3 heterocycles. The Balaban J connectivity index is 1.69. The van der Waals surface area contributed by atoms with Gasteiger partial charge in [0, 0.05) is 18.0 Å². The normalized spacial score (nSPS) is 24.3. The Labute approximate surface area is 176 Å². The number of piperazine rings is 1. The number of fused-ring (bicyclic) bond motifs is 3. The van der Waals surface area contributed by atoms with Gasteiger partial charge < -0.3 is 14.5 Å². The van der Waals surface area contributed by atoms with Gasteiger partial charge in [-0.1, -0.05) is 0 Å². The molecule has 28 heavy (non-hydrogen) atoms. The first-order valence-corrected chi connectivity index (χ1v) is 10.3. The van der Waals surface area contributed by atoms with E-state index < -0.39 is 11.4 Å². The maximum atomic E-state index is 14.6. The second kappa shape index (κ2) is 6.69. The van der Waals surface area contributed by atoms with Gasteiger partial charge in [-0.25, -0.2) is 14.2 Å². The number of likely N-dealkylation sites (tertiary alicyclic amines) is 1. The standard InChI is InChI=1S/C19H21BrClFN4O2/c1-9-13-7-10(8-25(13)18(27)28-19(2,3)4)26(9)16-11-5-6-12(20)14(22)15(11)23-17(21)24-16/h5-6,9-10,13H,7-8H2,1-4H3/t9?,10-,13-/m1/s1. The first-order valence-electron chi connectivity index (χ1n) is 9.16. The highest BCUT2D eigenvalue weighted by atomic mass is 79.9. The Bertz CT molecular complexity index is 965. The summed E-state index contributed by atoms with van der Waals surface area (Å²) < 4.78 is 20.4. The first kappa shape index (κ1) is 19.6. The molecule has 6 nitrogen and oxygen atoms in total. The van der Waals surface area contributed by atoms with Crippen LogP contribution in [-0.4, -0.2) is 51.2 Å². The van der Waals surface area contributed by atoms with E-state index in [1.54, 1.807) is 17.0 Å². The third-order valence-electron chi connectivity index (χ3n) is 5.30. The molecule has 0 radical (unpaired) electrons. The van der Waals surface area contributed by atoms with Gasteiger partial charge in [-0.3, -0.25) is 0 Å². The molecule has 9 heteroatoms. The van der Waals surface area contributed by atoms with Gasteiger partial charge in [-0.05, 0) is 73.8 Å². The number of hydrogen-bond donors (Lipinski definition) is 0. The average molecular weight is 472 g/mol. The third kappa shape index (κ3) is 3.20. The molecular weight excluding hydrogens is 451 g/mol. The lowest BCUT2D eigenvalue weighted by Gasteiger charge is -2.40. The van der Waals surface area contributed by atoms with Crippen LogP contribution >= 0.6 is 27.5 Å². The number of ether oxygens (including phenoxy) is 1. The first-order chi connectivity index (χ1) is 13.1. The van der Waals surface area contributed by atoms with Gasteiger partial charge in [0.1, 0.15) is 16.9 Å². The van der Waals surface area contributed by atoms with E-state index in [9.17, 15) is 9.18 Å². The van der Waals surface area contributed by atoms with Crippen LogP contribution in [0.2, 0.25) is 5.28 Å². The summed E-state index contributed by atoms with van der Waals surface area (Å²) in [7, 11) is 0. The van der Waals surface area contributed by atoms with Crippen LogP contribution in [0.5, 0.6) is 0 Å². The van der Waals surface area contributed by atoms with Crippen LogP contribution in [0.25, 0.3) is 10.9 Å². The minimum atomic E-state index is -0.539. The van der Waals surface area contributed by atoms with Crippen LogP contribution in [-0.2, 0) is 4.74 Å². The molecular formula is C19H21BrClFN4O2. The van der Waals surface area contributed by atoms with Crippen molar-refractivity contribution in [3.05, 3.63) is 27.7 Å². The van der Waals surface area contributed by atoms with Crippen LogP contribution in [0.15, 0.2) is 16.6 Å². The third-order valence-corrected chi connectivity index (χ3v) is 6.08. The number of rotatable bonds is 1. The number of anilines is 1. The summed E-state index contributed by atoms with van der Waals surface area (Å²) >= 11 is 9.30. The van der Waals surface area contributed by atoms with Crippen molar-refractivity contribution in [3.63, 3.8) is 0 Å². The van der Waals surface area contributed by atoms with E-state index in [0.29, 0.717) is 22.2 Å². The van der Waals surface area contributed by atoms with Gasteiger partial charge in [0.2, 0.25) is 5.28 Å². The number of amides is 1. The Hall–Kier alpha value is -1.67. The molecule has 150 valence electrons. The maximum absolute atomic E-state index is 14.6. The largest absolute Gasteiger partial charge is 0.444 e. The molecule has 2 saturated heterocycles. The fourth-order valence-electron chi connectivity index (χ4n) is 4.21. The molecule has 4 rings (SSSR count). The van der Waals surface area contributed by atoms with E-state index in [0.717, 1.165) is 6.42 Å². The monoisotopic (exact) mass is 470 g/mol. The molecule has 2 aromatic rings. The lowest BCUT2D eigenvalue weighted by Crippen LogP contribution is -2.55. The van der Waals surface area contributed by atoms with Crippen molar-refractivity contribution in [1.29, 1.82) is 0 Å². The quantitative estimate of drug-likeness (QED) is 0.561. The molecule has 0 spiro atoms. The van der Waals surface area contributed by atoms with Gasteiger partial charge in [0.25, 0.3) is 0 Å². The number of aromatic nitrogens is 2. The summed E-state index contributed by atoms with van der Waals surface area (Å²) in [4.78, 5) is 25.0. The lowest BCUT2D eigenvalue weighted by atomic mass is 10.1. The predicted molar refractivity (Wildman–Crippen MR) is 109 cm³/mol. The lowest BCUT2D eigenvalue weighted by molar-refractivity contribution is 0.0188. The minimum absolute atomic E-state index is 0.00141. The van der Waals surface area contributed by atoms with Gasteiger partial charge in [0.05, 0.1) is 16.6 Å². The topological polar surface area (TPSA) is 58.6 Å². The predicted octanol–water partition coefficient (Wildman–Crippen LogP) is 4.77. The van der Waals surface area contributed by atoms with Gasteiger partial charge in [-0.2, -0.15) is 4.98 Å². The SMILES string of the molecule is CC1[C@H]2C[C@H](CN2C(=O)OC(C)(C)C)N1c1nc(Cl)nc2c(F)c(Br)ccc12. The Morgan fingerprint density at radius 3 is 2.71 bits per heavy atom. The van der Waals surface area contributed by atoms with Crippen molar-refractivity contribution < 1.29 is 13.9 Å². The maximum Gasteiger partial charge on any atom is 0.410 e. The molecule has 0 N–H and O–H groups in total. The summed E-state index contributed by atoms with van der Waals surface area (Å²) in [6, 6.07) is 3.49. The van der Waals surface area contributed by atoms with E-state index in [-0.39, 0.29) is 35.0 Å². The summed E-state index contributed by atoms with van der Waals surface area (Å²) in [5.74, 6) is 0.140. The molecule has 1 unspecified atom stereocenters.